The topological polar surface area (TPSA) is 109 Å². The van der Waals surface area contributed by atoms with Crippen molar-refractivity contribution in [1.29, 1.82) is 0 Å². The van der Waals surface area contributed by atoms with E-state index >= 15 is 0 Å². The van der Waals surface area contributed by atoms with E-state index in [1.165, 1.54) is 0 Å². The fourth-order valence-electron chi connectivity index (χ4n) is 4.15. The van der Waals surface area contributed by atoms with Crippen molar-refractivity contribution >= 4 is 23.6 Å². The van der Waals surface area contributed by atoms with Crippen molar-refractivity contribution in [3.05, 3.63) is 48.5 Å². The highest BCUT2D eigenvalue weighted by molar-refractivity contribution is 5.98. The number of benzene rings is 2. The van der Waals surface area contributed by atoms with Crippen molar-refractivity contribution < 1.29 is 23.6 Å². The number of urea groups is 1. The molecule has 0 spiro atoms. The Kier molecular flexibility index (Phi) is 7.56. The quantitative estimate of drug-likeness (QED) is 0.509. The molecule has 1 aliphatic heterocycles. The van der Waals surface area contributed by atoms with Crippen LogP contribution < -0.4 is 20.3 Å². The largest absolute Gasteiger partial charge is 0.495 e. The van der Waals surface area contributed by atoms with Gasteiger partial charge in [0.2, 0.25) is 0 Å². The molecule has 2 heterocycles. The molecule has 1 aromatic heterocycles. The van der Waals surface area contributed by atoms with Gasteiger partial charge in [-0.25, -0.2) is 9.59 Å². The third-order valence-electron chi connectivity index (χ3n) is 5.92. The molecular weight excluding hydrogens is 474 g/mol. The SMILES string of the molecule is CNC(=O)Nc1ccc(-c2ccccc2)c(OC)c1-c1cc(N2CCN(C(=O)OC(C)(C)C)CC2)no1. The fourth-order valence-corrected chi connectivity index (χ4v) is 4.15. The summed E-state index contributed by atoms with van der Waals surface area (Å²) in [4.78, 5) is 28.3. The lowest BCUT2D eigenvalue weighted by Gasteiger charge is -2.35. The van der Waals surface area contributed by atoms with E-state index in [1.807, 2.05) is 74.2 Å². The van der Waals surface area contributed by atoms with E-state index in [1.54, 1.807) is 19.1 Å². The fraction of sp³-hybridized carbons (Fsp3) is 0.370. The molecule has 2 aromatic carbocycles. The predicted molar refractivity (Wildman–Crippen MR) is 142 cm³/mol. The maximum atomic E-state index is 12.4. The molecule has 0 unspecified atom stereocenters. The summed E-state index contributed by atoms with van der Waals surface area (Å²) in [6, 6.07) is 15.0. The average molecular weight is 508 g/mol. The summed E-state index contributed by atoms with van der Waals surface area (Å²) in [5, 5.41) is 9.72. The van der Waals surface area contributed by atoms with Gasteiger partial charge < -0.3 is 34.4 Å². The molecule has 0 atom stereocenters. The molecule has 0 aliphatic carbocycles. The second-order valence-electron chi connectivity index (χ2n) is 9.64. The zero-order valence-corrected chi connectivity index (χ0v) is 21.8. The molecule has 0 bridgehead atoms. The van der Waals surface area contributed by atoms with Crippen LogP contribution in [0.3, 0.4) is 0 Å². The number of methoxy groups -OCH3 is 1. The van der Waals surface area contributed by atoms with Gasteiger partial charge in [-0.3, -0.25) is 0 Å². The number of nitrogens with zero attached hydrogens (tertiary/aromatic N) is 3. The summed E-state index contributed by atoms with van der Waals surface area (Å²) in [6.07, 6.45) is -0.319. The molecule has 10 nitrogen and oxygen atoms in total. The Bertz CT molecular complexity index is 1240. The lowest BCUT2D eigenvalue weighted by Crippen LogP contribution is -2.50. The van der Waals surface area contributed by atoms with Gasteiger partial charge in [-0.2, -0.15) is 0 Å². The highest BCUT2D eigenvalue weighted by atomic mass is 16.6. The molecule has 1 fully saturated rings. The minimum absolute atomic E-state index is 0.319. The second kappa shape index (κ2) is 10.8. The first-order valence-corrected chi connectivity index (χ1v) is 12.2. The van der Waals surface area contributed by atoms with Crippen LogP contribution in [0.5, 0.6) is 5.75 Å². The van der Waals surface area contributed by atoms with Crippen LogP contribution >= 0.6 is 0 Å². The molecule has 196 valence electrons. The minimum Gasteiger partial charge on any atom is -0.495 e. The third-order valence-corrected chi connectivity index (χ3v) is 5.92. The molecule has 0 radical (unpaired) electrons. The van der Waals surface area contributed by atoms with E-state index in [2.05, 4.69) is 15.8 Å². The van der Waals surface area contributed by atoms with Crippen LogP contribution in [0.4, 0.5) is 21.1 Å². The lowest BCUT2D eigenvalue weighted by molar-refractivity contribution is 0.0240. The highest BCUT2D eigenvalue weighted by Gasteiger charge is 2.28. The number of hydrogen-bond acceptors (Lipinski definition) is 7. The maximum absolute atomic E-state index is 12.4. The van der Waals surface area contributed by atoms with E-state index in [0.717, 1.165) is 11.1 Å². The number of anilines is 2. The summed E-state index contributed by atoms with van der Waals surface area (Å²) in [5.41, 5.74) is 2.38. The normalized spacial score (nSPS) is 13.8. The van der Waals surface area contributed by atoms with Gasteiger partial charge >= 0.3 is 12.1 Å². The van der Waals surface area contributed by atoms with E-state index in [4.69, 9.17) is 14.0 Å². The first-order chi connectivity index (χ1) is 17.7. The zero-order chi connectivity index (χ0) is 26.6. The molecule has 1 aliphatic rings. The number of rotatable bonds is 5. The Morgan fingerprint density at radius 1 is 1.03 bits per heavy atom. The Morgan fingerprint density at radius 3 is 2.35 bits per heavy atom. The number of carbonyl (C=O) groups is 2. The summed E-state index contributed by atoms with van der Waals surface area (Å²) >= 11 is 0. The van der Waals surface area contributed by atoms with Gasteiger partial charge in [0.25, 0.3) is 0 Å². The van der Waals surface area contributed by atoms with E-state index in [9.17, 15) is 9.59 Å². The smallest absolute Gasteiger partial charge is 0.410 e. The van der Waals surface area contributed by atoms with Crippen molar-refractivity contribution in [3.63, 3.8) is 0 Å². The molecule has 37 heavy (non-hydrogen) atoms. The number of nitrogens with one attached hydrogen (secondary N) is 2. The molecule has 3 aromatic rings. The average Bonchev–Trinajstić information content (AvgIpc) is 3.37. The van der Waals surface area contributed by atoms with E-state index in [-0.39, 0.29) is 12.1 Å². The van der Waals surface area contributed by atoms with Gasteiger partial charge in [-0.15, -0.1) is 0 Å². The Hall–Kier alpha value is -4.21. The molecule has 0 saturated carbocycles. The van der Waals surface area contributed by atoms with Gasteiger partial charge in [0.1, 0.15) is 11.4 Å². The van der Waals surface area contributed by atoms with Gasteiger partial charge in [0.05, 0.1) is 18.4 Å². The Labute approximate surface area is 216 Å². The summed E-state index contributed by atoms with van der Waals surface area (Å²) in [5.74, 6) is 1.64. The second-order valence-corrected chi connectivity index (χ2v) is 9.64. The van der Waals surface area contributed by atoms with Crippen molar-refractivity contribution in [2.45, 2.75) is 26.4 Å². The van der Waals surface area contributed by atoms with Crippen LogP contribution in [0.1, 0.15) is 20.8 Å². The van der Waals surface area contributed by atoms with Crippen molar-refractivity contribution in [3.8, 4) is 28.2 Å². The number of carbonyl (C=O) groups excluding carboxylic acids is 2. The first-order valence-electron chi connectivity index (χ1n) is 12.2. The lowest BCUT2D eigenvalue weighted by atomic mass is 9.98. The number of aromatic nitrogens is 1. The van der Waals surface area contributed by atoms with Crippen LogP contribution in [-0.2, 0) is 4.74 Å². The van der Waals surface area contributed by atoms with E-state index in [0.29, 0.717) is 54.8 Å². The predicted octanol–water partition coefficient (Wildman–Crippen LogP) is 4.83. The molecule has 2 N–H and O–H groups in total. The number of amides is 3. The summed E-state index contributed by atoms with van der Waals surface area (Å²) in [6.45, 7) is 7.73. The van der Waals surface area contributed by atoms with Crippen LogP contribution in [0.2, 0.25) is 0 Å². The summed E-state index contributed by atoms with van der Waals surface area (Å²) in [7, 11) is 3.14. The molecule has 3 amide bonds. The van der Waals surface area contributed by atoms with E-state index < -0.39 is 5.60 Å². The van der Waals surface area contributed by atoms with Crippen molar-refractivity contribution in [2.24, 2.45) is 0 Å². The number of ether oxygens (including phenoxy) is 2. The number of piperazine rings is 1. The minimum atomic E-state index is -0.539. The zero-order valence-electron chi connectivity index (χ0n) is 21.8. The van der Waals surface area contributed by atoms with Gasteiger partial charge in [-0.05, 0) is 38.5 Å². The molecule has 4 rings (SSSR count). The van der Waals surface area contributed by atoms with Crippen molar-refractivity contribution in [1.82, 2.24) is 15.4 Å². The molecule has 1 saturated heterocycles. The molecular formula is C27H33N5O5. The third kappa shape index (κ3) is 5.96. The van der Waals surface area contributed by atoms with Gasteiger partial charge in [0, 0.05) is 44.9 Å². The monoisotopic (exact) mass is 507 g/mol. The highest BCUT2D eigenvalue weighted by Crippen LogP contribution is 2.44. The number of hydrogen-bond donors (Lipinski definition) is 2. The Balaban J connectivity index is 1.63. The van der Waals surface area contributed by atoms with Crippen LogP contribution in [0.15, 0.2) is 53.1 Å². The van der Waals surface area contributed by atoms with Crippen LogP contribution in [0, 0.1) is 0 Å². The Morgan fingerprint density at radius 2 is 1.73 bits per heavy atom. The summed E-state index contributed by atoms with van der Waals surface area (Å²) < 4.78 is 17.1. The maximum Gasteiger partial charge on any atom is 0.410 e. The van der Waals surface area contributed by atoms with Gasteiger partial charge in [-0.1, -0.05) is 35.5 Å². The van der Waals surface area contributed by atoms with Crippen LogP contribution in [0.25, 0.3) is 22.5 Å². The van der Waals surface area contributed by atoms with Crippen LogP contribution in [-0.4, -0.2) is 68.1 Å². The standard InChI is InChI=1S/C27H33N5O5/c1-27(2,3)36-26(34)32-15-13-31(14-16-32)22-17-21(37-30-22)23-20(29-25(33)28-4)12-11-19(24(23)35-5)18-9-7-6-8-10-18/h6-12,17H,13-16H2,1-5H3,(H2,28,29,33). The van der Waals surface area contributed by atoms with Gasteiger partial charge in [0.15, 0.2) is 11.6 Å². The molecule has 10 heteroatoms. The van der Waals surface area contributed by atoms with Crippen molar-refractivity contribution in [2.75, 3.05) is 50.6 Å². The first kappa shape index (κ1) is 25.9.